The molecular formula is C17H19NO3S. The van der Waals surface area contributed by atoms with Gasteiger partial charge in [0.15, 0.2) is 0 Å². The van der Waals surface area contributed by atoms with Gasteiger partial charge in [-0.05, 0) is 44.0 Å². The number of carboxylic acid groups (broad SMARTS) is 1. The number of amides is 1. The molecule has 22 heavy (non-hydrogen) atoms. The van der Waals surface area contributed by atoms with E-state index in [-0.39, 0.29) is 23.9 Å². The minimum absolute atomic E-state index is 0.0645. The highest BCUT2D eigenvalue weighted by Gasteiger charge is 2.16. The minimum Gasteiger partial charge on any atom is -0.478 e. The van der Waals surface area contributed by atoms with E-state index in [0.29, 0.717) is 5.56 Å². The molecule has 4 nitrogen and oxygen atoms in total. The molecule has 0 aliphatic carbocycles. The molecule has 0 radical (unpaired) electrons. The normalized spacial score (nSPS) is 12.0. The summed E-state index contributed by atoms with van der Waals surface area (Å²) in [5.74, 6) is -1.19. The zero-order chi connectivity index (χ0) is 16.3. The summed E-state index contributed by atoms with van der Waals surface area (Å²) < 4.78 is 0. The van der Waals surface area contributed by atoms with Crippen LogP contribution in [0.15, 0.2) is 30.3 Å². The molecule has 2 rings (SSSR count). The van der Waals surface area contributed by atoms with Crippen LogP contribution in [-0.2, 0) is 11.2 Å². The van der Waals surface area contributed by atoms with Crippen molar-refractivity contribution < 1.29 is 14.7 Å². The van der Waals surface area contributed by atoms with Gasteiger partial charge in [0.1, 0.15) is 0 Å². The third-order valence-electron chi connectivity index (χ3n) is 3.52. The molecule has 1 amide bonds. The van der Waals surface area contributed by atoms with Gasteiger partial charge < -0.3 is 10.4 Å². The van der Waals surface area contributed by atoms with E-state index in [1.165, 1.54) is 15.8 Å². The Hall–Kier alpha value is -2.14. The van der Waals surface area contributed by atoms with Gasteiger partial charge in [0.2, 0.25) is 5.91 Å². The van der Waals surface area contributed by atoms with Crippen LogP contribution in [0.1, 0.15) is 44.2 Å². The van der Waals surface area contributed by atoms with Gasteiger partial charge in [-0.1, -0.05) is 18.2 Å². The van der Waals surface area contributed by atoms with Crippen LogP contribution in [0.5, 0.6) is 0 Å². The molecule has 1 unspecified atom stereocenters. The van der Waals surface area contributed by atoms with E-state index in [4.69, 9.17) is 5.11 Å². The molecule has 116 valence electrons. The van der Waals surface area contributed by atoms with Crippen LogP contribution in [-0.4, -0.2) is 17.0 Å². The third-order valence-corrected chi connectivity index (χ3v) is 4.50. The molecule has 0 saturated heterocycles. The number of benzene rings is 1. The molecule has 0 aliphatic heterocycles. The lowest BCUT2D eigenvalue weighted by Gasteiger charge is -2.14. The summed E-state index contributed by atoms with van der Waals surface area (Å²) in [7, 11) is 0. The SMILES string of the molecule is Cc1cc(C(C)NC(=O)Cc2ccccc2C(=O)O)c(C)s1. The first kappa shape index (κ1) is 16.2. The van der Waals surface area contributed by atoms with E-state index in [1.54, 1.807) is 29.5 Å². The van der Waals surface area contributed by atoms with Gasteiger partial charge >= 0.3 is 5.97 Å². The highest BCUT2D eigenvalue weighted by Crippen LogP contribution is 2.26. The second-order valence-electron chi connectivity index (χ2n) is 5.30. The molecule has 0 saturated carbocycles. The highest BCUT2D eigenvalue weighted by atomic mass is 32.1. The number of carboxylic acids is 1. The summed E-state index contributed by atoms with van der Waals surface area (Å²) in [5.41, 5.74) is 1.81. The molecule has 2 aromatic rings. The quantitative estimate of drug-likeness (QED) is 0.887. The van der Waals surface area contributed by atoms with Crippen molar-refractivity contribution in [3.63, 3.8) is 0 Å². The average Bonchev–Trinajstić information content (AvgIpc) is 2.78. The molecule has 0 aliphatic rings. The predicted octanol–water partition coefficient (Wildman–Crippen LogP) is 3.48. The Morgan fingerprint density at radius 1 is 1.27 bits per heavy atom. The number of nitrogens with one attached hydrogen (secondary N) is 1. The molecule has 0 spiro atoms. The molecule has 1 aromatic heterocycles. The lowest BCUT2D eigenvalue weighted by molar-refractivity contribution is -0.121. The fourth-order valence-corrected chi connectivity index (χ4v) is 3.53. The molecular weight excluding hydrogens is 298 g/mol. The predicted molar refractivity (Wildman–Crippen MR) is 87.5 cm³/mol. The van der Waals surface area contributed by atoms with E-state index in [0.717, 1.165) is 5.56 Å². The van der Waals surface area contributed by atoms with Crippen molar-refractivity contribution >= 4 is 23.2 Å². The number of carbonyl (C=O) groups is 2. The van der Waals surface area contributed by atoms with Crippen LogP contribution >= 0.6 is 11.3 Å². The maximum Gasteiger partial charge on any atom is 0.335 e. The summed E-state index contributed by atoms with van der Waals surface area (Å²) in [6.07, 6.45) is 0.0645. The lowest BCUT2D eigenvalue weighted by atomic mass is 10.0. The largest absolute Gasteiger partial charge is 0.478 e. The van der Waals surface area contributed by atoms with Crippen LogP contribution in [0.3, 0.4) is 0 Å². The van der Waals surface area contributed by atoms with Crippen LogP contribution in [0.4, 0.5) is 0 Å². The Morgan fingerprint density at radius 2 is 1.95 bits per heavy atom. The number of rotatable bonds is 5. The monoisotopic (exact) mass is 317 g/mol. The second-order valence-corrected chi connectivity index (χ2v) is 6.76. The van der Waals surface area contributed by atoms with E-state index in [1.807, 2.05) is 20.8 Å². The lowest BCUT2D eigenvalue weighted by Crippen LogP contribution is -2.28. The average molecular weight is 317 g/mol. The third kappa shape index (κ3) is 3.74. The Kier molecular flexibility index (Phi) is 4.98. The summed E-state index contributed by atoms with van der Waals surface area (Å²) in [6, 6.07) is 8.58. The van der Waals surface area contributed by atoms with Crippen LogP contribution in [0, 0.1) is 13.8 Å². The van der Waals surface area contributed by atoms with Gasteiger partial charge in [-0.15, -0.1) is 11.3 Å². The highest BCUT2D eigenvalue weighted by molar-refractivity contribution is 7.12. The minimum atomic E-state index is -1.01. The molecule has 1 aromatic carbocycles. The molecule has 0 fully saturated rings. The van der Waals surface area contributed by atoms with Crippen molar-refractivity contribution in [2.75, 3.05) is 0 Å². The fraction of sp³-hybridized carbons (Fsp3) is 0.294. The molecule has 5 heteroatoms. The molecule has 1 heterocycles. The smallest absolute Gasteiger partial charge is 0.335 e. The zero-order valence-electron chi connectivity index (χ0n) is 12.8. The van der Waals surface area contributed by atoms with Crippen LogP contribution in [0.2, 0.25) is 0 Å². The number of hydrogen-bond acceptors (Lipinski definition) is 3. The summed E-state index contributed by atoms with van der Waals surface area (Å²) >= 11 is 1.71. The molecule has 2 N–H and O–H groups in total. The van der Waals surface area contributed by atoms with Crippen LogP contribution in [0.25, 0.3) is 0 Å². The number of carbonyl (C=O) groups excluding carboxylic acids is 1. The van der Waals surface area contributed by atoms with Gasteiger partial charge in [-0.2, -0.15) is 0 Å². The van der Waals surface area contributed by atoms with Crippen molar-refractivity contribution in [2.45, 2.75) is 33.2 Å². The number of thiophene rings is 1. The van der Waals surface area contributed by atoms with E-state index >= 15 is 0 Å². The summed E-state index contributed by atoms with van der Waals surface area (Å²) in [4.78, 5) is 25.8. The Morgan fingerprint density at radius 3 is 2.55 bits per heavy atom. The zero-order valence-corrected chi connectivity index (χ0v) is 13.7. The summed E-state index contributed by atoms with van der Waals surface area (Å²) in [6.45, 7) is 6.02. The van der Waals surface area contributed by atoms with Gasteiger partial charge in [0.05, 0.1) is 18.0 Å². The van der Waals surface area contributed by atoms with Crippen molar-refractivity contribution in [1.29, 1.82) is 0 Å². The maximum atomic E-state index is 12.2. The Bertz CT molecular complexity index is 706. The number of aryl methyl sites for hydroxylation is 2. The maximum absolute atomic E-state index is 12.2. The van der Waals surface area contributed by atoms with Crippen molar-refractivity contribution in [3.05, 3.63) is 56.8 Å². The topological polar surface area (TPSA) is 66.4 Å². The molecule has 1 atom stereocenters. The van der Waals surface area contributed by atoms with E-state index in [2.05, 4.69) is 11.4 Å². The fourth-order valence-electron chi connectivity index (χ4n) is 2.51. The molecule has 0 bridgehead atoms. The first-order valence-electron chi connectivity index (χ1n) is 7.06. The standard InChI is InChI=1S/C17H19NO3S/c1-10-8-15(12(3)22-10)11(2)18-16(19)9-13-6-4-5-7-14(13)17(20)21/h4-8,11H,9H2,1-3H3,(H,18,19)(H,20,21). The number of hydrogen-bond donors (Lipinski definition) is 2. The van der Waals surface area contributed by atoms with Crippen molar-refractivity contribution in [2.24, 2.45) is 0 Å². The second kappa shape index (κ2) is 6.75. The van der Waals surface area contributed by atoms with E-state index < -0.39 is 5.97 Å². The van der Waals surface area contributed by atoms with Crippen LogP contribution < -0.4 is 5.32 Å². The van der Waals surface area contributed by atoms with Gasteiger partial charge in [0, 0.05) is 9.75 Å². The van der Waals surface area contributed by atoms with Crippen molar-refractivity contribution in [1.82, 2.24) is 5.32 Å². The Labute approximate surface area is 133 Å². The van der Waals surface area contributed by atoms with Gasteiger partial charge in [-0.25, -0.2) is 4.79 Å². The number of aromatic carboxylic acids is 1. The Balaban J connectivity index is 2.07. The van der Waals surface area contributed by atoms with Gasteiger partial charge in [0.25, 0.3) is 0 Å². The first-order valence-corrected chi connectivity index (χ1v) is 7.87. The summed E-state index contributed by atoms with van der Waals surface area (Å²) in [5, 5.41) is 12.1. The first-order chi connectivity index (χ1) is 10.4. The van der Waals surface area contributed by atoms with Gasteiger partial charge in [-0.3, -0.25) is 4.79 Å². The van der Waals surface area contributed by atoms with E-state index in [9.17, 15) is 9.59 Å². The van der Waals surface area contributed by atoms with Crippen molar-refractivity contribution in [3.8, 4) is 0 Å².